The Morgan fingerprint density at radius 3 is 2.30 bits per heavy atom. The minimum absolute atomic E-state index is 0.198. The van der Waals surface area contributed by atoms with Crippen LogP contribution < -0.4 is 24.8 Å². The van der Waals surface area contributed by atoms with Crippen LogP contribution in [0.2, 0.25) is 0 Å². The number of nitrogens with two attached hydrogens (primary N) is 1. The van der Waals surface area contributed by atoms with Gasteiger partial charge in [-0.15, -0.1) is 0 Å². The van der Waals surface area contributed by atoms with Crippen LogP contribution in [0.5, 0.6) is 17.2 Å². The first-order valence-electron chi connectivity index (χ1n) is 8.11. The number of hydrogen-bond donors (Lipinski definition) is 1. The number of ketones is 1. The molecule has 0 fully saturated rings. The second-order valence-electron chi connectivity index (χ2n) is 5.94. The molecule has 0 atom stereocenters. The molecule has 2 rings (SSSR count). The molecule has 0 aliphatic rings. The van der Waals surface area contributed by atoms with Gasteiger partial charge in [0.25, 0.3) is 0 Å². The van der Waals surface area contributed by atoms with Crippen molar-refractivity contribution in [2.45, 2.75) is 0 Å². The van der Waals surface area contributed by atoms with Crippen molar-refractivity contribution in [1.29, 1.82) is 0 Å². The maximum Gasteiger partial charge on any atom is 0.200 e. The number of nitrogens with zero attached hydrogens (tertiary/aromatic N) is 1. The van der Waals surface area contributed by atoms with E-state index in [1.54, 1.807) is 44.6 Å². The van der Waals surface area contributed by atoms with Crippen LogP contribution in [0.4, 0.5) is 11.4 Å². The molecule has 2 N–H and O–H groups in total. The number of carbonyl (C=O) groups is 1. The van der Waals surface area contributed by atoms with E-state index in [4.69, 9.17) is 19.9 Å². The molecule has 0 heterocycles. The molecule has 0 saturated carbocycles. The SMILES string of the molecule is COc1cc(/C=C(/Br)C(=O)c2ccc(N(C)C)c(N)c2)c(OC)c(OC)c1. The van der Waals surface area contributed by atoms with E-state index in [2.05, 4.69) is 15.9 Å². The van der Waals surface area contributed by atoms with Crippen molar-refractivity contribution in [3.63, 3.8) is 0 Å². The van der Waals surface area contributed by atoms with Crippen molar-refractivity contribution in [1.82, 2.24) is 0 Å². The molecule has 0 aliphatic heterocycles. The number of allylic oxidation sites excluding steroid dienone is 1. The lowest BCUT2D eigenvalue weighted by Gasteiger charge is -2.16. The van der Waals surface area contributed by atoms with Crippen LogP contribution in [-0.4, -0.2) is 41.2 Å². The van der Waals surface area contributed by atoms with Crippen LogP contribution in [0.3, 0.4) is 0 Å². The van der Waals surface area contributed by atoms with E-state index < -0.39 is 0 Å². The standard InChI is InChI=1S/C20H23BrN2O4/c1-23(2)17-7-6-12(10-16(17)22)19(24)15(21)9-13-8-14(25-3)11-18(26-4)20(13)27-5/h6-11H,22H2,1-5H3/b15-9+. The smallest absolute Gasteiger partial charge is 0.200 e. The quantitative estimate of drug-likeness (QED) is 0.403. The Labute approximate surface area is 167 Å². The van der Waals surface area contributed by atoms with Crippen LogP contribution in [0.1, 0.15) is 15.9 Å². The highest BCUT2D eigenvalue weighted by Gasteiger charge is 2.16. The number of halogens is 1. The van der Waals surface area contributed by atoms with Gasteiger partial charge in [-0.25, -0.2) is 0 Å². The van der Waals surface area contributed by atoms with Gasteiger partial charge in [-0.3, -0.25) is 4.79 Å². The maximum absolute atomic E-state index is 12.8. The highest BCUT2D eigenvalue weighted by Crippen LogP contribution is 2.37. The molecular formula is C20H23BrN2O4. The number of nitrogen functional groups attached to an aromatic ring is 1. The summed E-state index contributed by atoms with van der Waals surface area (Å²) in [6.07, 6.45) is 1.67. The number of ether oxygens (including phenoxy) is 3. The monoisotopic (exact) mass is 434 g/mol. The summed E-state index contributed by atoms with van der Waals surface area (Å²) in [5.41, 5.74) is 8.57. The molecule has 0 radical (unpaired) electrons. The minimum Gasteiger partial charge on any atom is -0.497 e. The second-order valence-corrected chi connectivity index (χ2v) is 6.80. The van der Waals surface area contributed by atoms with Crippen molar-refractivity contribution >= 4 is 39.2 Å². The largest absolute Gasteiger partial charge is 0.497 e. The molecule has 0 saturated heterocycles. The molecule has 2 aromatic rings. The minimum atomic E-state index is -0.198. The topological polar surface area (TPSA) is 74.0 Å². The van der Waals surface area contributed by atoms with Crippen molar-refractivity contribution in [3.8, 4) is 17.2 Å². The predicted molar refractivity (Wildman–Crippen MR) is 113 cm³/mol. The highest BCUT2D eigenvalue weighted by atomic mass is 79.9. The number of hydrogen-bond acceptors (Lipinski definition) is 6. The summed E-state index contributed by atoms with van der Waals surface area (Å²) in [6.45, 7) is 0. The van der Waals surface area contributed by atoms with Crippen LogP contribution in [0.25, 0.3) is 6.08 Å². The van der Waals surface area contributed by atoms with E-state index >= 15 is 0 Å². The van der Waals surface area contributed by atoms with Crippen LogP contribution >= 0.6 is 15.9 Å². The molecule has 0 spiro atoms. The zero-order valence-corrected chi connectivity index (χ0v) is 17.6. The molecule has 6 nitrogen and oxygen atoms in total. The summed E-state index contributed by atoms with van der Waals surface area (Å²) < 4.78 is 16.4. The number of carbonyl (C=O) groups excluding carboxylic acids is 1. The third kappa shape index (κ3) is 4.54. The van der Waals surface area contributed by atoms with E-state index in [1.807, 2.05) is 25.1 Å². The number of benzene rings is 2. The van der Waals surface area contributed by atoms with Gasteiger partial charge in [0.05, 0.1) is 37.2 Å². The third-order valence-corrected chi connectivity index (χ3v) is 4.58. The summed E-state index contributed by atoms with van der Waals surface area (Å²) in [7, 11) is 8.43. The fourth-order valence-corrected chi connectivity index (χ4v) is 3.11. The average Bonchev–Trinajstić information content (AvgIpc) is 2.65. The first-order chi connectivity index (χ1) is 12.8. The molecular weight excluding hydrogens is 412 g/mol. The number of methoxy groups -OCH3 is 3. The highest BCUT2D eigenvalue weighted by molar-refractivity contribution is 9.12. The van der Waals surface area contributed by atoms with E-state index in [9.17, 15) is 4.79 Å². The first-order valence-corrected chi connectivity index (χ1v) is 8.90. The van der Waals surface area contributed by atoms with Crippen LogP contribution in [-0.2, 0) is 0 Å². The number of Topliss-reactive ketones (excluding diaryl/α,β-unsaturated/α-hetero) is 1. The Hall–Kier alpha value is -2.67. The van der Waals surface area contributed by atoms with Crippen molar-refractivity contribution in [3.05, 3.63) is 45.9 Å². The van der Waals surface area contributed by atoms with Gasteiger partial charge in [0.1, 0.15) is 5.75 Å². The molecule has 0 aromatic heterocycles. The number of anilines is 2. The van der Waals surface area contributed by atoms with Gasteiger partial charge < -0.3 is 24.8 Å². The van der Waals surface area contributed by atoms with Gasteiger partial charge in [0.15, 0.2) is 17.3 Å². The summed E-state index contributed by atoms with van der Waals surface area (Å²) >= 11 is 3.37. The van der Waals surface area contributed by atoms with Crippen LogP contribution in [0, 0.1) is 0 Å². The van der Waals surface area contributed by atoms with Crippen molar-refractivity contribution in [2.24, 2.45) is 0 Å². The average molecular weight is 435 g/mol. The zero-order chi connectivity index (χ0) is 20.1. The van der Waals surface area contributed by atoms with E-state index in [-0.39, 0.29) is 5.78 Å². The second kappa shape index (κ2) is 8.81. The molecule has 144 valence electrons. The van der Waals surface area contributed by atoms with E-state index in [0.29, 0.717) is 38.5 Å². The number of rotatable bonds is 7. The molecule has 7 heteroatoms. The van der Waals surface area contributed by atoms with Gasteiger partial charge in [0.2, 0.25) is 0 Å². The van der Waals surface area contributed by atoms with Gasteiger partial charge in [-0.05, 0) is 46.3 Å². The van der Waals surface area contributed by atoms with E-state index in [1.165, 1.54) is 7.11 Å². The Kier molecular flexibility index (Phi) is 6.74. The summed E-state index contributed by atoms with van der Waals surface area (Å²) in [4.78, 5) is 14.7. The predicted octanol–water partition coefficient (Wildman–Crippen LogP) is 3.98. The Bertz CT molecular complexity index is 879. The lowest BCUT2D eigenvalue weighted by atomic mass is 10.1. The fourth-order valence-electron chi connectivity index (χ4n) is 2.64. The molecule has 2 aromatic carbocycles. The van der Waals surface area contributed by atoms with Crippen molar-refractivity contribution < 1.29 is 19.0 Å². The fraction of sp³-hybridized carbons (Fsp3) is 0.250. The van der Waals surface area contributed by atoms with Gasteiger partial charge in [-0.2, -0.15) is 0 Å². The molecule has 0 aliphatic carbocycles. The Morgan fingerprint density at radius 1 is 1.07 bits per heavy atom. The Morgan fingerprint density at radius 2 is 1.78 bits per heavy atom. The normalized spacial score (nSPS) is 11.1. The van der Waals surface area contributed by atoms with Gasteiger partial charge in [0, 0.05) is 31.3 Å². The summed E-state index contributed by atoms with van der Waals surface area (Å²) in [5.74, 6) is 1.41. The molecule has 0 bridgehead atoms. The summed E-state index contributed by atoms with van der Waals surface area (Å²) in [6, 6.07) is 8.70. The maximum atomic E-state index is 12.8. The lowest BCUT2D eigenvalue weighted by Crippen LogP contribution is -2.12. The molecule has 0 amide bonds. The zero-order valence-electron chi connectivity index (χ0n) is 16.0. The first kappa shape index (κ1) is 20.6. The van der Waals surface area contributed by atoms with Crippen molar-refractivity contribution in [2.75, 3.05) is 46.1 Å². The van der Waals surface area contributed by atoms with E-state index in [0.717, 1.165) is 5.69 Å². The lowest BCUT2D eigenvalue weighted by molar-refractivity contribution is 0.104. The van der Waals surface area contributed by atoms with Crippen LogP contribution in [0.15, 0.2) is 34.8 Å². The Balaban J connectivity index is 2.45. The third-order valence-electron chi connectivity index (χ3n) is 3.99. The molecule has 27 heavy (non-hydrogen) atoms. The van der Waals surface area contributed by atoms with Gasteiger partial charge in [-0.1, -0.05) is 0 Å². The molecule has 0 unspecified atom stereocenters. The van der Waals surface area contributed by atoms with Gasteiger partial charge >= 0.3 is 0 Å². The summed E-state index contributed by atoms with van der Waals surface area (Å²) in [5, 5.41) is 0.